The molecule has 0 aliphatic carbocycles. The molecule has 126 valence electrons. The molecule has 1 amide bonds. The zero-order valence-electron chi connectivity index (χ0n) is 14.1. The summed E-state index contributed by atoms with van der Waals surface area (Å²) in [5.74, 6) is 0.483. The largest absolute Gasteiger partial charge is 0.378 e. The molecule has 1 aliphatic rings. The van der Waals surface area contributed by atoms with E-state index >= 15 is 0 Å². The van der Waals surface area contributed by atoms with Gasteiger partial charge in [0, 0.05) is 50.6 Å². The standard InChI is InChI=1S/C18H23N5O/c1-22(2)15-5-3-4-14(12-15)16-6-9-20-18(21-16)23-10-7-13(8-11-23)17(19)24/h3-6,9,12-13H,7-8,10-11H2,1-2H3,(H2,19,24). The summed E-state index contributed by atoms with van der Waals surface area (Å²) < 4.78 is 0. The lowest BCUT2D eigenvalue weighted by Gasteiger charge is -2.30. The average molecular weight is 325 g/mol. The number of hydrogen-bond donors (Lipinski definition) is 1. The molecule has 6 nitrogen and oxygen atoms in total. The molecule has 0 saturated carbocycles. The molecule has 0 atom stereocenters. The van der Waals surface area contributed by atoms with E-state index in [2.05, 4.69) is 33.0 Å². The normalized spacial score (nSPS) is 15.3. The van der Waals surface area contributed by atoms with Gasteiger partial charge in [-0.2, -0.15) is 0 Å². The summed E-state index contributed by atoms with van der Waals surface area (Å²) in [7, 11) is 4.04. The number of anilines is 2. The van der Waals surface area contributed by atoms with Crippen molar-refractivity contribution >= 4 is 17.5 Å². The Kier molecular flexibility index (Phi) is 4.64. The van der Waals surface area contributed by atoms with E-state index in [0.717, 1.165) is 42.9 Å². The molecule has 0 radical (unpaired) electrons. The van der Waals surface area contributed by atoms with Crippen molar-refractivity contribution in [3.05, 3.63) is 36.5 Å². The maximum absolute atomic E-state index is 11.3. The minimum Gasteiger partial charge on any atom is -0.378 e. The van der Waals surface area contributed by atoms with Crippen molar-refractivity contribution in [2.24, 2.45) is 11.7 Å². The van der Waals surface area contributed by atoms with Crippen LogP contribution >= 0.6 is 0 Å². The van der Waals surface area contributed by atoms with E-state index < -0.39 is 0 Å². The van der Waals surface area contributed by atoms with Crippen molar-refractivity contribution in [1.82, 2.24) is 9.97 Å². The maximum atomic E-state index is 11.3. The third kappa shape index (κ3) is 3.48. The lowest BCUT2D eigenvalue weighted by Crippen LogP contribution is -2.39. The first-order valence-corrected chi connectivity index (χ1v) is 8.19. The number of nitrogens with zero attached hydrogens (tertiary/aromatic N) is 4. The molecule has 1 saturated heterocycles. The molecule has 2 N–H and O–H groups in total. The third-order valence-electron chi connectivity index (χ3n) is 4.48. The van der Waals surface area contributed by atoms with E-state index in [9.17, 15) is 4.79 Å². The third-order valence-corrected chi connectivity index (χ3v) is 4.48. The molecule has 3 rings (SSSR count). The molecule has 24 heavy (non-hydrogen) atoms. The minimum atomic E-state index is -0.204. The lowest BCUT2D eigenvalue weighted by molar-refractivity contribution is -0.122. The van der Waals surface area contributed by atoms with Gasteiger partial charge in [-0.05, 0) is 31.0 Å². The first kappa shape index (κ1) is 16.2. The molecule has 0 bridgehead atoms. The second kappa shape index (κ2) is 6.86. The smallest absolute Gasteiger partial charge is 0.225 e. The highest BCUT2D eigenvalue weighted by Crippen LogP contribution is 2.25. The predicted molar refractivity (Wildman–Crippen MR) is 95.9 cm³/mol. The molecule has 1 fully saturated rings. The van der Waals surface area contributed by atoms with Crippen LogP contribution in [0.15, 0.2) is 36.5 Å². The van der Waals surface area contributed by atoms with Gasteiger partial charge in [0.15, 0.2) is 0 Å². The van der Waals surface area contributed by atoms with Crippen LogP contribution in [0.2, 0.25) is 0 Å². The molecule has 2 aromatic rings. The van der Waals surface area contributed by atoms with Crippen LogP contribution in [0, 0.1) is 5.92 Å². The van der Waals surface area contributed by atoms with Crippen LogP contribution in [0.3, 0.4) is 0 Å². The van der Waals surface area contributed by atoms with Crippen LogP contribution in [-0.2, 0) is 4.79 Å². The number of amides is 1. The van der Waals surface area contributed by atoms with Crippen LogP contribution in [0.1, 0.15) is 12.8 Å². The minimum absolute atomic E-state index is 0.0267. The Labute approximate surface area is 142 Å². The Morgan fingerprint density at radius 1 is 1.25 bits per heavy atom. The second-order valence-electron chi connectivity index (χ2n) is 6.35. The fraction of sp³-hybridized carbons (Fsp3) is 0.389. The van der Waals surface area contributed by atoms with Gasteiger partial charge in [-0.1, -0.05) is 12.1 Å². The molecular weight excluding hydrogens is 302 g/mol. The van der Waals surface area contributed by atoms with Crippen molar-refractivity contribution in [3.63, 3.8) is 0 Å². The van der Waals surface area contributed by atoms with E-state index in [4.69, 9.17) is 10.7 Å². The van der Waals surface area contributed by atoms with Gasteiger partial charge in [-0.15, -0.1) is 0 Å². The number of benzene rings is 1. The summed E-state index contributed by atoms with van der Waals surface area (Å²) >= 11 is 0. The molecule has 1 aromatic heterocycles. The molecule has 1 aliphatic heterocycles. The SMILES string of the molecule is CN(C)c1cccc(-c2ccnc(N3CCC(C(N)=O)CC3)n2)c1. The molecule has 2 heterocycles. The fourth-order valence-electron chi connectivity index (χ4n) is 2.97. The quantitative estimate of drug-likeness (QED) is 0.929. The summed E-state index contributed by atoms with van der Waals surface area (Å²) in [6, 6.07) is 10.2. The van der Waals surface area contributed by atoms with Crippen LogP contribution < -0.4 is 15.5 Å². The number of carbonyl (C=O) groups is 1. The first-order valence-electron chi connectivity index (χ1n) is 8.19. The molecule has 0 spiro atoms. The Hall–Kier alpha value is -2.63. The summed E-state index contributed by atoms with van der Waals surface area (Å²) in [6.45, 7) is 1.52. The second-order valence-corrected chi connectivity index (χ2v) is 6.35. The number of rotatable bonds is 4. The number of carbonyl (C=O) groups excluding carboxylic acids is 1. The molecule has 0 unspecified atom stereocenters. The summed E-state index contributed by atoms with van der Waals surface area (Å²) in [5, 5.41) is 0. The van der Waals surface area contributed by atoms with Crippen molar-refractivity contribution in [2.75, 3.05) is 37.0 Å². The van der Waals surface area contributed by atoms with Gasteiger partial charge in [0.05, 0.1) is 5.69 Å². The van der Waals surface area contributed by atoms with Gasteiger partial charge < -0.3 is 15.5 Å². The Morgan fingerprint density at radius 3 is 2.67 bits per heavy atom. The zero-order chi connectivity index (χ0) is 17.1. The first-order chi connectivity index (χ1) is 11.5. The van der Waals surface area contributed by atoms with E-state index in [-0.39, 0.29) is 11.8 Å². The summed E-state index contributed by atoms with van der Waals surface area (Å²) in [4.78, 5) is 24.6. The van der Waals surface area contributed by atoms with E-state index in [1.54, 1.807) is 6.20 Å². The Bertz CT molecular complexity index is 723. The van der Waals surface area contributed by atoms with Gasteiger partial charge in [0.2, 0.25) is 11.9 Å². The highest BCUT2D eigenvalue weighted by Gasteiger charge is 2.24. The van der Waals surface area contributed by atoms with Gasteiger partial charge in [-0.3, -0.25) is 4.79 Å². The van der Waals surface area contributed by atoms with Crippen molar-refractivity contribution in [1.29, 1.82) is 0 Å². The topological polar surface area (TPSA) is 75.3 Å². The summed E-state index contributed by atoms with van der Waals surface area (Å²) in [6.07, 6.45) is 3.32. The monoisotopic (exact) mass is 325 g/mol. The van der Waals surface area contributed by atoms with Gasteiger partial charge in [0.1, 0.15) is 0 Å². The van der Waals surface area contributed by atoms with Crippen molar-refractivity contribution in [3.8, 4) is 11.3 Å². The molecule has 6 heteroatoms. The lowest BCUT2D eigenvalue weighted by atomic mass is 9.96. The fourth-order valence-corrected chi connectivity index (χ4v) is 2.97. The highest BCUT2D eigenvalue weighted by atomic mass is 16.1. The van der Waals surface area contributed by atoms with Crippen molar-refractivity contribution in [2.45, 2.75) is 12.8 Å². The van der Waals surface area contributed by atoms with Crippen LogP contribution in [-0.4, -0.2) is 43.1 Å². The number of hydrogen-bond acceptors (Lipinski definition) is 5. The van der Waals surface area contributed by atoms with Gasteiger partial charge in [-0.25, -0.2) is 9.97 Å². The van der Waals surface area contributed by atoms with Crippen molar-refractivity contribution < 1.29 is 4.79 Å². The number of nitrogens with two attached hydrogens (primary N) is 1. The highest BCUT2D eigenvalue weighted by molar-refractivity contribution is 5.77. The Balaban J connectivity index is 1.80. The van der Waals surface area contributed by atoms with E-state index in [1.165, 1.54) is 0 Å². The van der Waals surface area contributed by atoms with Gasteiger partial charge >= 0.3 is 0 Å². The average Bonchev–Trinajstić information content (AvgIpc) is 2.62. The van der Waals surface area contributed by atoms with Crippen LogP contribution in [0.25, 0.3) is 11.3 Å². The molecule has 1 aromatic carbocycles. The number of primary amides is 1. The number of piperidine rings is 1. The number of aromatic nitrogens is 2. The van der Waals surface area contributed by atoms with Crippen LogP contribution in [0.4, 0.5) is 11.6 Å². The zero-order valence-corrected chi connectivity index (χ0v) is 14.1. The summed E-state index contributed by atoms with van der Waals surface area (Å²) in [5.41, 5.74) is 8.50. The van der Waals surface area contributed by atoms with E-state index in [0.29, 0.717) is 5.95 Å². The van der Waals surface area contributed by atoms with Gasteiger partial charge in [0.25, 0.3) is 0 Å². The Morgan fingerprint density at radius 2 is 2.00 bits per heavy atom. The van der Waals surface area contributed by atoms with Crippen LogP contribution in [0.5, 0.6) is 0 Å². The predicted octanol–water partition coefficient (Wildman–Crippen LogP) is 1.91. The molecular formula is C18H23N5O. The van der Waals surface area contributed by atoms with E-state index in [1.807, 2.05) is 26.2 Å². The maximum Gasteiger partial charge on any atom is 0.225 e.